The summed E-state index contributed by atoms with van der Waals surface area (Å²) in [5.74, 6) is 1.22. The van der Waals surface area contributed by atoms with Crippen LogP contribution in [-0.4, -0.2) is 37.7 Å². The average Bonchev–Trinajstić information content (AvgIpc) is 2.74. The summed E-state index contributed by atoms with van der Waals surface area (Å²) >= 11 is 5.32. The van der Waals surface area contributed by atoms with Crippen molar-refractivity contribution in [2.24, 2.45) is 0 Å². The summed E-state index contributed by atoms with van der Waals surface area (Å²) in [4.78, 5) is 7.77. The van der Waals surface area contributed by atoms with E-state index in [2.05, 4.69) is 25.3 Å². The minimum absolute atomic E-state index is 0.00137. The van der Waals surface area contributed by atoms with Gasteiger partial charge in [-0.1, -0.05) is 0 Å². The normalized spacial score (nSPS) is 10.7. The zero-order valence-electron chi connectivity index (χ0n) is 16.1. The Kier molecular flexibility index (Phi) is 6.65. The molecule has 9 nitrogen and oxygen atoms in total. The summed E-state index contributed by atoms with van der Waals surface area (Å²) in [6, 6.07) is 13.0. The van der Waals surface area contributed by atoms with E-state index in [4.69, 9.17) is 21.7 Å². The van der Waals surface area contributed by atoms with Crippen LogP contribution < -0.4 is 24.8 Å². The van der Waals surface area contributed by atoms with Crippen LogP contribution in [0.4, 0.5) is 17.3 Å². The zero-order valence-corrected chi connectivity index (χ0v) is 17.8. The number of benzene rings is 2. The Bertz CT molecular complexity index is 1120. The average molecular weight is 446 g/mol. The largest absolute Gasteiger partial charge is 0.497 e. The fourth-order valence-corrected chi connectivity index (χ4v) is 3.62. The highest BCUT2D eigenvalue weighted by molar-refractivity contribution is 7.92. The highest BCUT2D eigenvalue weighted by atomic mass is 32.2. The Morgan fingerprint density at radius 2 is 1.67 bits per heavy atom. The second-order valence-electron chi connectivity index (χ2n) is 5.85. The van der Waals surface area contributed by atoms with Gasteiger partial charge in [0.2, 0.25) is 5.95 Å². The fourth-order valence-electron chi connectivity index (χ4n) is 2.43. The molecule has 0 amide bonds. The molecule has 11 heteroatoms. The van der Waals surface area contributed by atoms with E-state index in [1.807, 2.05) is 0 Å². The van der Waals surface area contributed by atoms with Crippen molar-refractivity contribution in [3.63, 3.8) is 0 Å². The van der Waals surface area contributed by atoms with Gasteiger partial charge in [-0.25, -0.2) is 23.1 Å². The van der Waals surface area contributed by atoms with Gasteiger partial charge in [0.05, 0.1) is 24.8 Å². The predicted octanol–water partition coefficient (Wildman–Crippen LogP) is 3.10. The molecule has 0 unspecified atom stereocenters. The molecule has 30 heavy (non-hydrogen) atoms. The third-order valence-electron chi connectivity index (χ3n) is 3.87. The second kappa shape index (κ2) is 9.37. The van der Waals surface area contributed by atoms with Crippen LogP contribution in [0.2, 0.25) is 0 Å². The Morgan fingerprint density at radius 3 is 2.30 bits per heavy atom. The molecule has 1 heterocycles. The van der Waals surface area contributed by atoms with Crippen LogP contribution in [-0.2, 0) is 10.0 Å². The predicted molar refractivity (Wildman–Crippen MR) is 119 cm³/mol. The lowest BCUT2D eigenvalue weighted by molar-refractivity contribution is 0.395. The standard InChI is InChI=1S/C19H19N5O4S2/c1-27-14-6-9-16(17(12-14)28-2)23-19(29)22-13-4-7-15(8-5-13)30(25,26)24-18-20-10-3-11-21-18/h3-12H,1-2H3,(H,20,21,24)(H2,22,23,29). The number of nitrogens with zero attached hydrogens (tertiary/aromatic N) is 2. The summed E-state index contributed by atoms with van der Waals surface area (Å²) in [7, 11) is -0.687. The molecule has 3 rings (SSSR count). The van der Waals surface area contributed by atoms with Gasteiger partial charge in [0.1, 0.15) is 11.5 Å². The van der Waals surface area contributed by atoms with E-state index in [9.17, 15) is 8.42 Å². The number of rotatable bonds is 7. The Labute approximate surface area is 179 Å². The van der Waals surface area contributed by atoms with Crippen LogP contribution in [0.1, 0.15) is 0 Å². The molecule has 0 saturated heterocycles. The van der Waals surface area contributed by atoms with Gasteiger partial charge in [-0.15, -0.1) is 0 Å². The molecule has 0 atom stereocenters. The van der Waals surface area contributed by atoms with Crippen molar-refractivity contribution in [3.05, 3.63) is 60.9 Å². The summed E-state index contributed by atoms with van der Waals surface area (Å²) in [6.07, 6.45) is 2.90. The maximum atomic E-state index is 12.4. The van der Waals surface area contributed by atoms with E-state index in [0.717, 1.165) is 0 Å². The molecule has 156 valence electrons. The van der Waals surface area contributed by atoms with Crippen molar-refractivity contribution in [3.8, 4) is 11.5 Å². The SMILES string of the molecule is COc1ccc(NC(=S)Nc2ccc(S(=O)(=O)Nc3ncccn3)cc2)c(OC)c1. The van der Waals surface area contributed by atoms with E-state index < -0.39 is 10.0 Å². The number of sulfonamides is 1. The smallest absolute Gasteiger partial charge is 0.264 e. The number of methoxy groups -OCH3 is 2. The van der Waals surface area contributed by atoms with Crippen molar-refractivity contribution in [1.29, 1.82) is 0 Å². The van der Waals surface area contributed by atoms with Gasteiger partial charge in [0.25, 0.3) is 10.0 Å². The third-order valence-corrected chi connectivity index (χ3v) is 5.42. The van der Waals surface area contributed by atoms with Gasteiger partial charge in [0.15, 0.2) is 5.11 Å². The minimum Gasteiger partial charge on any atom is -0.497 e. The van der Waals surface area contributed by atoms with Crippen molar-refractivity contribution in [2.45, 2.75) is 4.90 Å². The van der Waals surface area contributed by atoms with Crippen LogP contribution in [0.15, 0.2) is 65.8 Å². The first-order chi connectivity index (χ1) is 14.4. The second-order valence-corrected chi connectivity index (χ2v) is 7.94. The first kappa shape index (κ1) is 21.3. The van der Waals surface area contributed by atoms with Gasteiger partial charge < -0.3 is 20.1 Å². The lowest BCUT2D eigenvalue weighted by Gasteiger charge is -2.14. The van der Waals surface area contributed by atoms with Crippen molar-refractivity contribution in [1.82, 2.24) is 9.97 Å². The van der Waals surface area contributed by atoms with Crippen molar-refractivity contribution >= 4 is 44.7 Å². The fraction of sp³-hybridized carbons (Fsp3) is 0.105. The third kappa shape index (κ3) is 5.33. The van der Waals surface area contributed by atoms with Crippen LogP contribution >= 0.6 is 12.2 Å². The summed E-state index contributed by atoms with van der Waals surface area (Å²) < 4.78 is 37.7. The lowest BCUT2D eigenvalue weighted by atomic mass is 10.2. The Hall–Kier alpha value is -3.44. The highest BCUT2D eigenvalue weighted by Gasteiger charge is 2.15. The summed E-state index contributed by atoms with van der Waals surface area (Å²) in [6.45, 7) is 0. The molecule has 0 fully saturated rings. The Morgan fingerprint density at radius 1 is 0.967 bits per heavy atom. The number of ether oxygens (including phenoxy) is 2. The first-order valence-electron chi connectivity index (χ1n) is 8.61. The zero-order chi connectivity index (χ0) is 21.6. The summed E-state index contributed by atoms with van der Waals surface area (Å²) in [5, 5.41) is 6.33. The maximum Gasteiger partial charge on any atom is 0.264 e. The van der Waals surface area contributed by atoms with Crippen LogP contribution in [0, 0.1) is 0 Å². The number of hydrogen-bond donors (Lipinski definition) is 3. The molecule has 0 aliphatic rings. The minimum atomic E-state index is -3.80. The molecule has 0 aliphatic heterocycles. The van der Waals surface area contributed by atoms with E-state index in [0.29, 0.717) is 28.0 Å². The van der Waals surface area contributed by atoms with Gasteiger partial charge in [0, 0.05) is 24.1 Å². The Balaban J connectivity index is 1.66. The molecule has 3 N–H and O–H groups in total. The van der Waals surface area contributed by atoms with E-state index in [1.165, 1.54) is 24.5 Å². The lowest BCUT2D eigenvalue weighted by Crippen LogP contribution is -2.19. The first-order valence-corrected chi connectivity index (χ1v) is 10.5. The topological polar surface area (TPSA) is 114 Å². The van der Waals surface area contributed by atoms with Gasteiger partial charge in [-0.2, -0.15) is 0 Å². The van der Waals surface area contributed by atoms with Crippen LogP contribution in [0.5, 0.6) is 11.5 Å². The number of thiocarbonyl (C=S) groups is 1. The number of nitrogens with one attached hydrogen (secondary N) is 3. The molecule has 0 spiro atoms. The maximum absolute atomic E-state index is 12.4. The molecule has 0 bridgehead atoms. The molecule has 0 aliphatic carbocycles. The van der Waals surface area contributed by atoms with E-state index >= 15 is 0 Å². The molecule has 2 aromatic carbocycles. The highest BCUT2D eigenvalue weighted by Crippen LogP contribution is 2.29. The van der Waals surface area contributed by atoms with Crippen molar-refractivity contribution in [2.75, 3.05) is 29.6 Å². The van der Waals surface area contributed by atoms with Gasteiger partial charge >= 0.3 is 0 Å². The molecule has 3 aromatic rings. The van der Waals surface area contributed by atoms with E-state index in [1.54, 1.807) is 50.6 Å². The molecule has 0 radical (unpaired) electrons. The number of hydrogen-bond acceptors (Lipinski definition) is 7. The molecular formula is C19H19N5O4S2. The number of anilines is 3. The van der Waals surface area contributed by atoms with Crippen LogP contribution in [0.25, 0.3) is 0 Å². The number of aromatic nitrogens is 2. The van der Waals surface area contributed by atoms with Crippen LogP contribution in [0.3, 0.4) is 0 Å². The van der Waals surface area contributed by atoms with E-state index in [-0.39, 0.29) is 10.8 Å². The van der Waals surface area contributed by atoms with Crippen molar-refractivity contribution < 1.29 is 17.9 Å². The molecular weight excluding hydrogens is 426 g/mol. The quantitative estimate of drug-likeness (QED) is 0.472. The summed E-state index contributed by atoms with van der Waals surface area (Å²) in [5.41, 5.74) is 1.26. The molecule has 0 saturated carbocycles. The van der Waals surface area contributed by atoms with Gasteiger partial charge in [-0.3, -0.25) is 0 Å². The van der Waals surface area contributed by atoms with Gasteiger partial charge in [-0.05, 0) is 54.7 Å². The monoisotopic (exact) mass is 445 g/mol. The molecule has 1 aromatic heterocycles.